The summed E-state index contributed by atoms with van der Waals surface area (Å²) in [6.07, 6.45) is 5.87. The normalized spacial score (nSPS) is 29.3. The van der Waals surface area contributed by atoms with E-state index >= 15 is 0 Å². The standard InChI is InChI=1S/C16H22ClNO/c1-16(5-3-14(10-16)18-2)9-12-8-13(17)7-11-4-6-19-15(11)12/h7-8,14,18H,3-6,9-10H2,1-2H3. The molecule has 1 aromatic carbocycles. The second kappa shape index (κ2) is 4.99. The fourth-order valence-corrected chi connectivity index (χ4v) is 3.93. The van der Waals surface area contributed by atoms with Crippen molar-refractivity contribution >= 4 is 11.6 Å². The molecule has 1 saturated carbocycles. The number of hydrogen-bond acceptors (Lipinski definition) is 2. The summed E-state index contributed by atoms with van der Waals surface area (Å²) in [7, 11) is 2.07. The third-order valence-electron chi connectivity index (χ3n) is 4.69. The second-order valence-electron chi connectivity index (χ2n) is 6.37. The maximum absolute atomic E-state index is 6.25. The van der Waals surface area contributed by atoms with E-state index in [1.807, 2.05) is 0 Å². The Kier molecular flexibility index (Phi) is 3.48. The molecular formula is C16H22ClNO. The number of nitrogens with one attached hydrogen (secondary N) is 1. The lowest BCUT2D eigenvalue weighted by Gasteiger charge is -2.25. The number of benzene rings is 1. The van der Waals surface area contributed by atoms with Gasteiger partial charge in [-0.05, 0) is 61.4 Å². The van der Waals surface area contributed by atoms with Gasteiger partial charge in [0.25, 0.3) is 0 Å². The van der Waals surface area contributed by atoms with Crippen LogP contribution in [-0.4, -0.2) is 19.7 Å². The van der Waals surface area contributed by atoms with Crippen LogP contribution >= 0.6 is 11.6 Å². The van der Waals surface area contributed by atoms with Crippen molar-refractivity contribution in [2.45, 2.75) is 45.1 Å². The maximum atomic E-state index is 6.25. The van der Waals surface area contributed by atoms with Crippen molar-refractivity contribution in [1.29, 1.82) is 0 Å². The van der Waals surface area contributed by atoms with Gasteiger partial charge in [0.1, 0.15) is 5.75 Å². The first-order valence-corrected chi connectivity index (χ1v) is 7.59. The van der Waals surface area contributed by atoms with Crippen molar-refractivity contribution < 1.29 is 4.74 Å². The lowest BCUT2D eigenvalue weighted by atomic mass is 9.81. The monoisotopic (exact) mass is 279 g/mol. The summed E-state index contributed by atoms with van der Waals surface area (Å²) in [5, 5.41) is 4.26. The molecule has 0 amide bonds. The molecule has 1 N–H and O–H groups in total. The summed E-state index contributed by atoms with van der Waals surface area (Å²) in [6, 6.07) is 4.82. The van der Waals surface area contributed by atoms with Gasteiger partial charge in [-0.15, -0.1) is 0 Å². The van der Waals surface area contributed by atoms with Gasteiger partial charge in [0, 0.05) is 17.5 Å². The number of ether oxygens (including phenoxy) is 1. The van der Waals surface area contributed by atoms with Crippen molar-refractivity contribution in [1.82, 2.24) is 5.32 Å². The highest BCUT2D eigenvalue weighted by Crippen LogP contribution is 2.44. The van der Waals surface area contributed by atoms with Gasteiger partial charge in [0.15, 0.2) is 0 Å². The van der Waals surface area contributed by atoms with Gasteiger partial charge in [-0.25, -0.2) is 0 Å². The zero-order valence-electron chi connectivity index (χ0n) is 11.8. The first-order valence-electron chi connectivity index (χ1n) is 7.21. The Labute approximate surface area is 120 Å². The van der Waals surface area contributed by atoms with Gasteiger partial charge in [0.2, 0.25) is 0 Å². The smallest absolute Gasteiger partial charge is 0.125 e. The molecule has 2 nitrogen and oxygen atoms in total. The largest absolute Gasteiger partial charge is 0.493 e. The van der Waals surface area contributed by atoms with Crippen LogP contribution in [0.2, 0.25) is 5.02 Å². The molecule has 0 saturated heterocycles. The van der Waals surface area contributed by atoms with Crippen LogP contribution in [0, 0.1) is 5.41 Å². The highest BCUT2D eigenvalue weighted by molar-refractivity contribution is 6.30. The summed E-state index contributed by atoms with van der Waals surface area (Å²) in [4.78, 5) is 0. The summed E-state index contributed by atoms with van der Waals surface area (Å²) in [6.45, 7) is 3.20. The lowest BCUT2D eigenvalue weighted by molar-refractivity contribution is 0.310. The van der Waals surface area contributed by atoms with Crippen molar-refractivity contribution in [3.63, 3.8) is 0 Å². The van der Waals surface area contributed by atoms with E-state index in [9.17, 15) is 0 Å². The Morgan fingerprint density at radius 1 is 1.47 bits per heavy atom. The molecule has 2 atom stereocenters. The van der Waals surface area contributed by atoms with E-state index in [0.717, 1.165) is 30.2 Å². The molecule has 0 spiro atoms. The van der Waals surface area contributed by atoms with Crippen LogP contribution in [-0.2, 0) is 12.8 Å². The fraction of sp³-hybridized carbons (Fsp3) is 0.625. The molecule has 1 aliphatic carbocycles. The molecule has 19 heavy (non-hydrogen) atoms. The third kappa shape index (κ3) is 2.61. The molecular weight excluding hydrogens is 258 g/mol. The van der Waals surface area contributed by atoms with Gasteiger partial charge < -0.3 is 10.1 Å². The van der Waals surface area contributed by atoms with Crippen LogP contribution in [0.25, 0.3) is 0 Å². The zero-order valence-corrected chi connectivity index (χ0v) is 12.5. The molecule has 0 aromatic heterocycles. The lowest BCUT2D eigenvalue weighted by Crippen LogP contribution is -2.24. The topological polar surface area (TPSA) is 21.3 Å². The summed E-state index contributed by atoms with van der Waals surface area (Å²) in [5.41, 5.74) is 2.96. The Bertz CT molecular complexity index is 488. The molecule has 3 rings (SSSR count). The quantitative estimate of drug-likeness (QED) is 0.913. The van der Waals surface area contributed by atoms with Crippen molar-refractivity contribution in [3.05, 3.63) is 28.3 Å². The van der Waals surface area contributed by atoms with Crippen LogP contribution in [0.5, 0.6) is 5.75 Å². The molecule has 2 unspecified atom stereocenters. The van der Waals surface area contributed by atoms with Crippen molar-refractivity contribution in [2.24, 2.45) is 5.41 Å². The number of halogens is 1. The van der Waals surface area contributed by atoms with Gasteiger partial charge in [-0.2, -0.15) is 0 Å². The summed E-state index contributed by atoms with van der Waals surface area (Å²) < 4.78 is 5.82. The summed E-state index contributed by atoms with van der Waals surface area (Å²) in [5.74, 6) is 1.11. The number of rotatable bonds is 3. The first kappa shape index (κ1) is 13.3. The first-order chi connectivity index (χ1) is 9.09. The molecule has 0 radical (unpaired) electrons. The van der Waals surface area contributed by atoms with Gasteiger partial charge in [-0.3, -0.25) is 0 Å². The molecule has 1 aromatic rings. The molecule has 0 bridgehead atoms. The number of hydrogen-bond donors (Lipinski definition) is 1. The molecule has 104 valence electrons. The predicted octanol–water partition coefficient (Wildman–Crippen LogP) is 3.60. The van der Waals surface area contributed by atoms with E-state index < -0.39 is 0 Å². The molecule has 1 fully saturated rings. The number of fused-ring (bicyclic) bond motifs is 1. The Balaban J connectivity index is 1.84. The minimum Gasteiger partial charge on any atom is -0.493 e. The van der Waals surface area contributed by atoms with Gasteiger partial charge in [0.05, 0.1) is 6.61 Å². The zero-order chi connectivity index (χ0) is 13.5. The minimum absolute atomic E-state index is 0.373. The summed E-state index contributed by atoms with van der Waals surface area (Å²) >= 11 is 6.25. The Morgan fingerprint density at radius 2 is 2.32 bits per heavy atom. The van der Waals surface area contributed by atoms with Gasteiger partial charge in [-0.1, -0.05) is 18.5 Å². The van der Waals surface area contributed by atoms with Crippen LogP contribution < -0.4 is 10.1 Å². The molecule has 1 heterocycles. The average molecular weight is 280 g/mol. The average Bonchev–Trinajstić information content (AvgIpc) is 2.95. The molecule has 3 heteroatoms. The van der Waals surface area contributed by atoms with E-state index in [2.05, 4.69) is 31.4 Å². The molecule has 2 aliphatic rings. The Morgan fingerprint density at radius 3 is 3.05 bits per heavy atom. The van der Waals surface area contributed by atoms with Crippen molar-refractivity contribution in [3.8, 4) is 5.75 Å². The van der Waals surface area contributed by atoms with Crippen LogP contribution in [0.15, 0.2) is 12.1 Å². The predicted molar refractivity (Wildman–Crippen MR) is 79.2 cm³/mol. The van der Waals surface area contributed by atoms with E-state index in [4.69, 9.17) is 16.3 Å². The van der Waals surface area contributed by atoms with E-state index in [1.165, 1.54) is 30.4 Å². The maximum Gasteiger partial charge on any atom is 0.125 e. The van der Waals surface area contributed by atoms with Gasteiger partial charge >= 0.3 is 0 Å². The van der Waals surface area contributed by atoms with E-state index in [1.54, 1.807) is 0 Å². The van der Waals surface area contributed by atoms with Crippen molar-refractivity contribution in [2.75, 3.05) is 13.7 Å². The third-order valence-corrected chi connectivity index (χ3v) is 4.90. The van der Waals surface area contributed by atoms with Crippen LogP contribution in [0.3, 0.4) is 0 Å². The minimum atomic E-state index is 0.373. The molecule has 1 aliphatic heterocycles. The van der Waals surface area contributed by atoms with Crippen LogP contribution in [0.1, 0.15) is 37.3 Å². The van der Waals surface area contributed by atoms with Crippen LogP contribution in [0.4, 0.5) is 0 Å². The van der Waals surface area contributed by atoms with E-state index in [-0.39, 0.29) is 0 Å². The Hall–Kier alpha value is -0.730. The highest BCUT2D eigenvalue weighted by Gasteiger charge is 2.35. The van der Waals surface area contributed by atoms with E-state index in [0.29, 0.717) is 11.5 Å². The SMILES string of the molecule is CNC1CCC(C)(Cc2cc(Cl)cc3c2OCC3)C1. The fourth-order valence-electron chi connectivity index (χ4n) is 3.67. The second-order valence-corrected chi connectivity index (χ2v) is 6.80. The highest BCUT2D eigenvalue weighted by atomic mass is 35.5.